The summed E-state index contributed by atoms with van der Waals surface area (Å²) < 4.78 is 4.58. The second-order valence-corrected chi connectivity index (χ2v) is 7.69. The van der Waals surface area contributed by atoms with Crippen LogP contribution in [0.15, 0.2) is 0 Å². The molecule has 0 saturated heterocycles. The molecule has 3 heterocycles. The Balaban J connectivity index is 1.87. The Hall–Kier alpha value is -1.65. The van der Waals surface area contributed by atoms with Crippen molar-refractivity contribution >= 4 is 0 Å². The zero-order valence-electron chi connectivity index (χ0n) is 14.1. The highest BCUT2D eigenvalue weighted by Crippen LogP contribution is 2.40. The van der Waals surface area contributed by atoms with E-state index in [4.69, 9.17) is 5.10 Å². The van der Waals surface area contributed by atoms with Gasteiger partial charge in [0.25, 0.3) is 0 Å². The quantitative estimate of drug-likeness (QED) is 0.728. The van der Waals surface area contributed by atoms with E-state index in [0.29, 0.717) is 6.04 Å². The summed E-state index contributed by atoms with van der Waals surface area (Å²) >= 11 is 0. The summed E-state index contributed by atoms with van der Waals surface area (Å²) in [5, 5.41) is 14.0. The Morgan fingerprint density at radius 2 is 1.86 bits per heavy atom. The molecular weight excluding hydrogens is 274 g/mol. The van der Waals surface area contributed by atoms with Crippen LogP contribution in [-0.2, 0) is 18.4 Å². The van der Waals surface area contributed by atoms with Crippen molar-refractivity contribution in [1.29, 1.82) is 0 Å². The molecule has 0 amide bonds. The lowest BCUT2D eigenvalue weighted by Gasteiger charge is -2.17. The van der Waals surface area contributed by atoms with Crippen molar-refractivity contribution in [3.8, 4) is 11.5 Å². The van der Waals surface area contributed by atoms with Crippen LogP contribution in [0.25, 0.3) is 11.5 Å². The molecule has 0 atom stereocenters. The Bertz CT molecular complexity index is 710. The third-order valence-corrected chi connectivity index (χ3v) is 5.05. The number of aromatic nitrogens is 5. The topological polar surface area (TPSA) is 48.5 Å². The van der Waals surface area contributed by atoms with Crippen molar-refractivity contribution in [3.05, 3.63) is 17.1 Å². The summed E-state index contributed by atoms with van der Waals surface area (Å²) in [6.45, 7) is 9.71. The third-order valence-electron chi connectivity index (χ3n) is 5.05. The Labute approximate surface area is 131 Å². The van der Waals surface area contributed by atoms with Gasteiger partial charge >= 0.3 is 0 Å². The van der Waals surface area contributed by atoms with Gasteiger partial charge in [0, 0.05) is 11.0 Å². The second-order valence-electron chi connectivity index (χ2n) is 7.69. The van der Waals surface area contributed by atoms with Crippen molar-refractivity contribution in [2.45, 2.75) is 77.8 Å². The largest absolute Gasteiger partial charge is 0.305 e. The highest BCUT2D eigenvalue weighted by Gasteiger charge is 2.36. The first-order valence-corrected chi connectivity index (χ1v) is 8.55. The lowest BCUT2D eigenvalue weighted by molar-refractivity contribution is 0.466. The van der Waals surface area contributed by atoms with E-state index in [1.165, 1.54) is 42.6 Å². The minimum atomic E-state index is 0.0206. The molecule has 4 rings (SSSR count). The number of aryl methyl sites for hydroxylation is 1. The molecule has 0 radical (unpaired) electrons. The summed E-state index contributed by atoms with van der Waals surface area (Å²) in [6, 6.07) is 0.551. The molecule has 2 aromatic rings. The summed E-state index contributed by atoms with van der Waals surface area (Å²) in [5.74, 6) is 2.11. The molecule has 1 aliphatic carbocycles. The molecule has 1 aliphatic heterocycles. The summed E-state index contributed by atoms with van der Waals surface area (Å²) in [6.07, 6.45) is 6.13. The van der Waals surface area contributed by atoms with Gasteiger partial charge in [-0.1, -0.05) is 40.5 Å². The van der Waals surface area contributed by atoms with Crippen LogP contribution < -0.4 is 0 Å². The fraction of sp³-hybridized carbons (Fsp3) is 0.706. The van der Waals surface area contributed by atoms with Crippen LogP contribution in [0.3, 0.4) is 0 Å². The molecule has 118 valence electrons. The monoisotopic (exact) mass is 299 g/mol. The van der Waals surface area contributed by atoms with Gasteiger partial charge in [0.1, 0.15) is 11.5 Å². The first kappa shape index (κ1) is 14.0. The minimum Gasteiger partial charge on any atom is -0.305 e. The second kappa shape index (κ2) is 4.67. The molecule has 5 nitrogen and oxygen atoms in total. The van der Waals surface area contributed by atoms with E-state index in [9.17, 15) is 0 Å². The van der Waals surface area contributed by atoms with Gasteiger partial charge < -0.3 is 4.57 Å². The van der Waals surface area contributed by atoms with Gasteiger partial charge in [-0.15, -0.1) is 10.2 Å². The minimum absolute atomic E-state index is 0.0206. The SMILES string of the molecule is CCc1nn(C2CCCC2)c2c1Cn1c-2nnc1C(C)(C)C. The Morgan fingerprint density at radius 1 is 1.14 bits per heavy atom. The highest BCUT2D eigenvalue weighted by atomic mass is 15.4. The Kier molecular flexibility index (Phi) is 2.97. The molecule has 22 heavy (non-hydrogen) atoms. The van der Waals surface area contributed by atoms with E-state index in [1.54, 1.807) is 0 Å². The molecule has 0 N–H and O–H groups in total. The molecule has 1 fully saturated rings. The number of nitrogens with zero attached hydrogens (tertiary/aromatic N) is 5. The van der Waals surface area contributed by atoms with Crippen molar-refractivity contribution in [3.63, 3.8) is 0 Å². The van der Waals surface area contributed by atoms with E-state index in [-0.39, 0.29) is 5.41 Å². The molecule has 2 aromatic heterocycles. The predicted molar refractivity (Wildman–Crippen MR) is 85.9 cm³/mol. The van der Waals surface area contributed by atoms with E-state index in [0.717, 1.165) is 24.6 Å². The van der Waals surface area contributed by atoms with Gasteiger partial charge in [-0.2, -0.15) is 5.10 Å². The van der Waals surface area contributed by atoms with Crippen LogP contribution in [0.1, 0.15) is 76.5 Å². The maximum Gasteiger partial charge on any atom is 0.183 e. The fourth-order valence-corrected chi connectivity index (χ4v) is 3.96. The lowest BCUT2D eigenvalue weighted by Crippen LogP contribution is -2.19. The van der Waals surface area contributed by atoms with Gasteiger partial charge in [0.15, 0.2) is 5.82 Å². The molecular formula is C17H25N5. The molecule has 0 unspecified atom stereocenters. The number of rotatable bonds is 2. The molecule has 2 aliphatic rings. The standard InChI is InChI=1S/C17H25N5/c1-5-13-12-10-21-15(18-19-16(21)17(2,3)4)14(12)22(20-13)11-8-6-7-9-11/h11H,5-10H2,1-4H3. The molecule has 0 bridgehead atoms. The zero-order chi connectivity index (χ0) is 15.5. The van der Waals surface area contributed by atoms with Crippen LogP contribution in [0, 0.1) is 0 Å². The fourth-order valence-electron chi connectivity index (χ4n) is 3.96. The predicted octanol–water partition coefficient (Wildman–Crippen LogP) is 3.48. The molecule has 1 saturated carbocycles. The van der Waals surface area contributed by atoms with Crippen LogP contribution >= 0.6 is 0 Å². The van der Waals surface area contributed by atoms with Gasteiger partial charge in [-0.25, -0.2) is 0 Å². The average Bonchev–Trinajstić information content (AvgIpc) is 3.18. The maximum absolute atomic E-state index is 4.94. The number of hydrogen-bond acceptors (Lipinski definition) is 3. The number of fused-ring (bicyclic) bond motifs is 3. The normalized spacial score (nSPS) is 18.0. The third kappa shape index (κ3) is 1.87. The first-order chi connectivity index (χ1) is 10.5. The van der Waals surface area contributed by atoms with Gasteiger partial charge in [-0.3, -0.25) is 4.68 Å². The zero-order valence-corrected chi connectivity index (χ0v) is 14.1. The number of hydrogen-bond donors (Lipinski definition) is 0. The highest BCUT2D eigenvalue weighted by molar-refractivity contribution is 5.62. The van der Waals surface area contributed by atoms with Gasteiger partial charge in [-0.05, 0) is 19.3 Å². The van der Waals surface area contributed by atoms with Gasteiger partial charge in [0.2, 0.25) is 0 Å². The van der Waals surface area contributed by atoms with Crippen LogP contribution in [0.2, 0.25) is 0 Å². The van der Waals surface area contributed by atoms with Crippen molar-refractivity contribution in [1.82, 2.24) is 24.5 Å². The summed E-state index contributed by atoms with van der Waals surface area (Å²) in [4.78, 5) is 0. The van der Waals surface area contributed by atoms with Crippen molar-refractivity contribution in [2.75, 3.05) is 0 Å². The average molecular weight is 299 g/mol. The van der Waals surface area contributed by atoms with Crippen molar-refractivity contribution in [2.24, 2.45) is 0 Å². The smallest absolute Gasteiger partial charge is 0.183 e. The van der Waals surface area contributed by atoms with E-state index < -0.39 is 0 Å². The molecule has 0 aromatic carbocycles. The summed E-state index contributed by atoms with van der Waals surface area (Å²) in [5.41, 5.74) is 3.89. The first-order valence-electron chi connectivity index (χ1n) is 8.55. The molecule has 5 heteroatoms. The maximum atomic E-state index is 4.94. The van der Waals surface area contributed by atoms with Crippen LogP contribution in [-0.4, -0.2) is 24.5 Å². The van der Waals surface area contributed by atoms with Crippen molar-refractivity contribution < 1.29 is 0 Å². The van der Waals surface area contributed by atoms with E-state index in [2.05, 4.69) is 47.1 Å². The van der Waals surface area contributed by atoms with E-state index in [1.807, 2.05) is 0 Å². The molecule has 0 spiro atoms. The van der Waals surface area contributed by atoms with E-state index >= 15 is 0 Å². The lowest BCUT2D eigenvalue weighted by atomic mass is 9.96. The Morgan fingerprint density at radius 3 is 2.50 bits per heavy atom. The van der Waals surface area contributed by atoms with Gasteiger partial charge in [0.05, 0.1) is 18.3 Å². The summed E-state index contributed by atoms with van der Waals surface area (Å²) in [7, 11) is 0. The van der Waals surface area contributed by atoms with Crippen LogP contribution in [0.4, 0.5) is 0 Å². The van der Waals surface area contributed by atoms with Crippen LogP contribution in [0.5, 0.6) is 0 Å².